The van der Waals surface area contributed by atoms with Crippen molar-refractivity contribution in [2.45, 2.75) is 52.5 Å². The zero-order chi connectivity index (χ0) is 14.8. The van der Waals surface area contributed by atoms with Crippen molar-refractivity contribution in [2.75, 3.05) is 5.73 Å². The van der Waals surface area contributed by atoms with Crippen LogP contribution in [-0.4, -0.2) is 4.98 Å². The maximum atomic E-state index is 6.06. The van der Waals surface area contributed by atoms with Gasteiger partial charge in [0.25, 0.3) is 0 Å². The van der Waals surface area contributed by atoms with E-state index in [4.69, 9.17) is 11.6 Å². The Hall–Kier alpha value is -1.13. The normalized spacial score (nSPS) is 25.4. The molecule has 0 aliphatic heterocycles. The van der Waals surface area contributed by atoms with Crippen LogP contribution in [0.4, 0.5) is 5.69 Å². The van der Waals surface area contributed by atoms with E-state index in [1.165, 1.54) is 25.7 Å². The third kappa shape index (κ3) is 3.30. The number of nitrogens with one attached hydrogen (secondary N) is 1. The molecule has 5 N–H and O–H groups in total. The largest absolute Gasteiger partial charge is 0.398 e. The average Bonchev–Trinajstić information content (AvgIpc) is 2.41. The number of hydrogen-bond donors (Lipinski definition) is 3. The van der Waals surface area contributed by atoms with Crippen molar-refractivity contribution in [2.24, 2.45) is 23.1 Å². The summed E-state index contributed by atoms with van der Waals surface area (Å²) < 4.78 is 0. The van der Waals surface area contributed by atoms with E-state index in [2.05, 4.69) is 31.2 Å². The molecule has 1 unspecified atom stereocenters. The molecule has 0 saturated heterocycles. The molecule has 0 bridgehead atoms. The van der Waals surface area contributed by atoms with Gasteiger partial charge in [0.1, 0.15) is 0 Å². The van der Waals surface area contributed by atoms with Crippen LogP contribution in [-0.2, 0) is 0 Å². The van der Waals surface area contributed by atoms with Gasteiger partial charge in [-0.2, -0.15) is 0 Å². The number of nitrogens with zero attached hydrogens (tertiary/aromatic N) is 1. The summed E-state index contributed by atoms with van der Waals surface area (Å²) in [7, 11) is 0. The van der Waals surface area contributed by atoms with Crippen LogP contribution in [0.15, 0.2) is 18.5 Å². The van der Waals surface area contributed by atoms with E-state index in [1.807, 2.05) is 12.3 Å². The van der Waals surface area contributed by atoms with Gasteiger partial charge in [0.15, 0.2) is 0 Å². The minimum atomic E-state index is 0.115. The first kappa shape index (κ1) is 15.3. The lowest BCUT2D eigenvalue weighted by molar-refractivity contribution is 0.132. The van der Waals surface area contributed by atoms with E-state index < -0.39 is 0 Å². The number of rotatable bonds is 3. The third-order valence-electron chi connectivity index (χ3n) is 4.87. The lowest BCUT2D eigenvalue weighted by Gasteiger charge is -2.39. The van der Waals surface area contributed by atoms with Crippen molar-refractivity contribution >= 4 is 5.69 Å². The van der Waals surface area contributed by atoms with Gasteiger partial charge < -0.3 is 5.73 Å². The summed E-state index contributed by atoms with van der Waals surface area (Å²) in [4.78, 5) is 4.19. The van der Waals surface area contributed by atoms with Crippen LogP contribution < -0.4 is 17.0 Å². The molecule has 2 rings (SSSR count). The Balaban J connectivity index is 2.06. The number of hydrogen-bond acceptors (Lipinski definition) is 4. The lowest BCUT2D eigenvalue weighted by atomic mass is 9.68. The standard InChI is InChI=1S/C16H28N4/c1-16(2,3)12-6-4-11(5-7-12)15(20-18)13-10-19-9-8-14(13)17/h8-12,15,20H,4-7,18H2,1-3H3,(H2,17,19). The first-order valence-electron chi connectivity index (χ1n) is 7.59. The summed E-state index contributed by atoms with van der Waals surface area (Å²) >= 11 is 0. The fraction of sp³-hybridized carbons (Fsp3) is 0.688. The monoisotopic (exact) mass is 276 g/mol. The zero-order valence-corrected chi connectivity index (χ0v) is 12.9. The fourth-order valence-electron chi connectivity index (χ4n) is 3.48. The van der Waals surface area contributed by atoms with Crippen LogP contribution in [0.25, 0.3) is 0 Å². The molecule has 1 atom stereocenters. The molecule has 112 valence electrons. The average molecular weight is 276 g/mol. The van der Waals surface area contributed by atoms with Crippen molar-refractivity contribution in [3.05, 3.63) is 24.0 Å². The van der Waals surface area contributed by atoms with E-state index in [9.17, 15) is 0 Å². The van der Waals surface area contributed by atoms with Crippen molar-refractivity contribution in [3.8, 4) is 0 Å². The number of aromatic nitrogens is 1. The fourth-order valence-corrected chi connectivity index (χ4v) is 3.48. The van der Waals surface area contributed by atoms with Crippen LogP contribution >= 0.6 is 0 Å². The number of nitrogens with two attached hydrogens (primary N) is 2. The Kier molecular flexibility index (Phi) is 4.66. The molecule has 4 heteroatoms. The maximum absolute atomic E-state index is 6.06. The Morgan fingerprint density at radius 1 is 1.25 bits per heavy atom. The summed E-state index contributed by atoms with van der Waals surface area (Å²) in [6.07, 6.45) is 8.51. The molecule has 0 amide bonds. The van der Waals surface area contributed by atoms with Crippen LogP contribution in [0.2, 0.25) is 0 Å². The molecule has 1 heterocycles. The van der Waals surface area contributed by atoms with Gasteiger partial charge in [0.05, 0.1) is 6.04 Å². The summed E-state index contributed by atoms with van der Waals surface area (Å²) in [5.41, 5.74) is 11.2. The van der Waals surface area contributed by atoms with Gasteiger partial charge in [-0.1, -0.05) is 20.8 Å². The van der Waals surface area contributed by atoms with Gasteiger partial charge in [-0.3, -0.25) is 16.3 Å². The number of nitrogen functional groups attached to an aromatic ring is 1. The Morgan fingerprint density at radius 3 is 2.40 bits per heavy atom. The van der Waals surface area contributed by atoms with E-state index in [0.717, 1.165) is 17.2 Å². The van der Waals surface area contributed by atoms with Crippen LogP contribution in [0.3, 0.4) is 0 Å². The second-order valence-corrected chi connectivity index (χ2v) is 7.13. The van der Waals surface area contributed by atoms with E-state index in [1.54, 1.807) is 6.20 Å². The molecule has 1 aromatic rings. The third-order valence-corrected chi connectivity index (χ3v) is 4.87. The molecule has 1 aliphatic rings. The van der Waals surface area contributed by atoms with Crippen molar-refractivity contribution < 1.29 is 0 Å². The minimum absolute atomic E-state index is 0.115. The lowest BCUT2D eigenvalue weighted by Crippen LogP contribution is -2.37. The highest BCUT2D eigenvalue weighted by Crippen LogP contribution is 2.43. The molecular weight excluding hydrogens is 248 g/mol. The number of pyridine rings is 1. The molecule has 20 heavy (non-hydrogen) atoms. The molecule has 1 aromatic heterocycles. The summed E-state index contributed by atoms with van der Waals surface area (Å²) in [5.74, 6) is 7.15. The predicted octanol–water partition coefficient (Wildman–Crippen LogP) is 3.02. The van der Waals surface area contributed by atoms with Gasteiger partial charge in [0.2, 0.25) is 0 Å². The van der Waals surface area contributed by atoms with Gasteiger partial charge in [-0.05, 0) is 49.0 Å². The van der Waals surface area contributed by atoms with Crippen molar-refractivity contribution in [3.63, 3.8) is 0 Å². The Morgan fingerprint density at radius 2 is 1.90 bits per heavy atom. The number of anilines is 1. The summed E-state index contributed by atoms with van der Waals surface area (Å²) in [6.45, 7) is 7.03. The first-order chi connectivity index (χ1) is 9.43. The second kappa shape index (κ2) is 6.10. The molecule has 0 spiro atoms. The van der Waals surface area contributed by atoms with Crippen LogP contribution in [0.1, 0.15) is 58.1 Å². The SMILES string of the molecule is CC(C)(C)C1CCC(C(NN)c2cnccc2N)CC1. The molecule has 0 aromatic carbocycles. The van der Waals surface area contributed by atoms with Gasteiger partial charge in [-0.15, -0.1) is 0 Å². The van der Waals surface area contributed by atoms with Gasteiger partial charge >= 0.3 is 0 Å². The predicted molar refractivity (Wildman–Crippen MR) is 83.6 cm³/mol. The smallest absolute Gasteiger partial charge is 0.0523 e. The zero-order valence-electron chi connectivity index (χ0n) is 12.9. The molecule has 1 fully saturated rings. The molecule has 0 radical (unpaired) electrons. The van der Waals surface area contributed by atoms with Gasteiger partial charge in [-0.25, -0.2) is 0 Å². The molecule has 4 nitrogen and oxygen atoms in total. The van der Waals surface area contributed by atoms with Gasteiger partial charge in [0, 0.05) is 23.6 Å². The molecular formula is C16H28N4. The van der Waals surface area contributed by atoms with Crippen LogP contribution in [0.5, 0.6) is 0 Å². The van der Waals surface area contributed by atoms with Crippen molar-refractivity contribution in [1.29, 1.82) is 0 Å². The van der Waals surface area contributed by atoms with Crippen molar-refractivity contribution in [1.82, 2.24) is 10.4 Å². The highest BCUT2D eigenvalue weighted by atomic mass is 15.2. The summed E-state index contributed by atoms with van der Waals surface area (Å²) in [6, 6.07) is 1.96. The molecule has 1 saturated carbocycles. The maximum Gasteiger partial charge on any atom is 0.0523 e. The highest BCUT2D eigenvalue weighted by molar-refractivity contribution is 5.46. The Labute approximate surface area is 122 Å². The van der Waals surface area contributed by atoms with Crippen LogP contribution in [0, 0.1) is 17.3 Å². The number of hydrazine groups is 1. The quantitative estimate of drug-likeness (QED) is 0.586. The first-order valence-corrected chi connectivity index (χ1v) is 7.59. The van der Waals surface area contributed by atoms with E-state index >= 15 is 0 Å². The second-order valence-electron chi connectivity index (χ2n) is 7.13. The summed E-state index contributed by atoms with van der Waals surface area (Å²) in [5, 5.41) is 0. The topological polar surface area (TPSA) is 77.0 Å². The van der Waals surface area contributed by atoms with E-state index in [0.29, 0.717) is 11.3 Å². The highest BCUT2D eigenvalue weighted by Gasteiger charge is 2.33. The minimum Gasteiger partial charge on any atom is -0.398 e. The Bertz CT molecular complexity index is 430. The molecule has 1 aliphatic carbocycles. The van der Waals surface area contributed by atoms with E-state index in [-0.39, 0.29) is 6.04 Å².